The van der Waals surface area contributed by atoms with Gasteiger partial charge in [-0.05, 0) is 30.4 Å². The predicted molar refractivity (Wildman–Crippen MR) is 92.1 cm³/mol. The molecule has 0 amide bonds. The Balaban J connectivity index is 1.57. The number of nitrogens with two attached hydrogens (primary N) is 2. The number of allylic oxidation sites excluding steroid dienone is 1. The molecule has 1 aromatic carbocycles. The van der Waals surface area contributed by atoms with E-state index in [9.17, 15) is 0 Å². The topological polar surface area (TPSA) is 88.9 Å². The third-order valence-electron chi connectivity index (χ3n) is 4.50. The summed E-state index contributed by atoms with van der Waals surface area (Å²) in [6.07, 6.45) is 6.60. The maximum absolute atomic E-state index is 5.90. The molecule has 23 heavy (non-hydrogen) atoms. The molecule has 0 spiro atoms. The van der Waals surface area contributed by atoms with Gasteiger partial charge in [0.25, 0.3) is 0 Å². The van der Waals surface area contributed by atoms with Crippen molar-refractivity contribution in [3.8, 4) is 0 Å². The molecule has 2 unspecified atom stereocenters. The fraction of sp³-hybridized carbons (Fsp3) is 0.353. The second kappa shape index (κ2) is 5.62. The average Bonchev–Trinajstić information content (AvgIpc) is 3.01. The first kappa shape index (κ1) is 14.1. The Morgan fingerprint density at radius 2 is 2.00 bits per heavy atom. The van der Waals surface area contributed by atoms with Gasteiger partial charge in [0.15, 0.2) is 0 Å². The van der Waals surface area contributed by atoms with E-state index in [2.05, 4.69) is 28.4 Å². The number of aliphatic imine (C=N–C) groups is 1. The molecule has 3 aliphatic rings. The molecule has 2 aliphatic heterocycles. The fourth-order valence-corrected chi connectivity index (χ4v) is 3.16. The zero-order chi connectivity index (χ0) is 15.8. The van der Waals surface area contributed by atoms with Crippen LogP contribution in [0.3, 0.4) is 0 Å². The number of rotatable bonds is 2. The number of hydrogen-bond donors (Lipinski definition) is 3. The highest BCUT2D eigenvalue weighted by Crippen LogP contribution is 2.24. The number of morpholine rings is 1. The lowest BCUT2D eigenvalue weighted by Crippen LogP contribution is -2.39. The summed E-state index contributed by atoms with van der Waals surface area (Å²) in [7, 11) is 0. The van der Waals surface area contributed by atoms with Crippen molar-refractivity contribution in [1.82, 2.24) is 10.2 Å². The van der Waals surface area contributed by atoms with Gasteiger partial charge in [-0.1, -0.05) is 6.08 Å². The van der Waals surface area contributed by atoms with E-state index < -0.39 is 0 Å². The predicted octanol–water partition coefficient (Wildman–Crippen LogP) is 0.724. The van der Waals surface area contributed by atoms with Crippen LogP contribution in [-0.2, 0) is 4.74 Å². The van der Waals surface area contributed by atoms with E-state index in [0.29, 0.717) is 11.4 Å². The Morgan fingerprint density at radius 1 is 1.17 bits per heavy atom. The van der Waals surface area contributed by atoms with Gasteiger partial charge in [0.2, 0.25) is 0 Å². The number of amidine groups is 1. The maximum atomic E-state index is 5.90. The lowest BCUT2D eigenvalue weighted by Gasteiger charge is -2.32. The molecule has 0 aromatic heterocycles. The van der Waals surface area contributed by atoms with Crippen molar-refractivity contribution >= 4 is 17.2 Å². The van der Waals surface area contributed by atoms with Crippen molar-refractivity contribution in [1.29, 1.82) is 0 Å². The Kier molecular flexibility index (Phi) is 3.46. The lowest BCUT2D eigenvalue weighted by molar-refractivity contribution is 0.0550. The van der Waals surface area contributed by atoms with E-state index in [-0.39, 0.29) is 12.1 Å². The van der Waals surface area contributed by atoms with Crippen molar-refractivity contribution in [2.75, 3.05) is 37.8 Å². The summed E-state index contributed by atoms with van der Waals surface area (Å²) in [6, 6.07) is 5.96. The second-order valence-corrected chi connectivity index (χ2v) is 6.03. The molecule has 0 bridgehead atoms. The van der Waals surface area contributed by atoms with Crippen LogP contribution in [0.4, 0.5) is 11.4 Å². The van der Waals surface area contributed by atoms with Crippen molar-refractivity contribution in [3.63, 3.8) is 0 Å². The minimum absolute atomic E-state index is 0.117. The Morgan fingerprint density at radius 3 is 2.78 bits per heavy atom. The number of nitrogens with zero attached hydrogens (tertiary/aromatic N) is 2. The molecule has 0 saturated carbocycles. The number of benzene rings is 1. The minimum Gasteiger partial charge on any atom is -0.397 e. The Hall–Kier alpha value is -2.47. The van der Waals surface area contributed by atoms with Gasteiger partial charge in [0.1, 0.15) is 5.84 Å². The Labute approximate surface area is 135 Å². The van der Waals surface area contributed by atoms with Crippen LogP contribution in [0.25, 0.3) is 0 Å². The highest BCUT2D eigenvalue weighted by Gasteiger charge is 2.29. The summed E-state index contributed by atoms with van der Waals surface area (Å²) in [6.45, 7) is 3.45. The van der Waals surface area contributed by atoms with Crippen LogP contribution in [0.1, 0.15) is 5.56 Å². The number of ether oxygens (including phenoxy) is 1. The number of fused-ring (bicyclic) bond motifs is 1. The first-order valence-electron chi connectivity index (χ1n) is 7.93. The normalized spacial score (nSPS) is 26.3. The van der Waals surface area contributed by atoms with Gasteiger partial charge in [-0.3, -0.25) is 4.99 Å². The summed E-state index contributed by atoms with van der Waals surface area (Å²) in [5.74, 6) is 0.871. The average molecular weight is 311 g/mol. The highest BCUT2D eigenvalue weighted by molar-refractivity contribution is 6.02. The summed E-state index contributed by atoms with van der Waals surface area (Å²) in [5, 5.41) is 3.46. The van der Waals surface area contributed by atoms with Crippen LogP contribution in [0.15, 0.2) is 47.1 Å². The number of anilines is 2. The van der Waals surface area contributed by atoms with Gasteiger partial charge >= 0.3 is 0 Å². The molecular weight excluding hydrogens is 290 g/mol. The monoisotopic (exact) mass is 311 g/mol. The first-order chi connectivity index (χ1) is 11.2. The van der Waals surface area contributed by atoms with Crippen LogP contribution in [0.2, 0.25) is 0 Å². The van der Waals surface area contributed by atoms with Gasteiger partial charge in [-0.15, -0.1) is 0 Å². The summed E-state index contributed by atoms with van der Waals surface area (Å²) in [4.78, 5) is 7.17. The molecular formula is C17H21N5O. The van der Waals surface area contributed by atoms with Crippen LogP contribution < -0.4 is 16.8 Å². The Bertz CT molecular complexity index is 703. The largest absolute Gasteiger partial charge is 0.397 e. The minimum atomic E-state index is 0.117. The molecule has 6 nitrogen and oxygen atoms in total. The van der Waals surface area contributed by atoms with Gasteiger partial charge < -0.3 is 26.4 Å². The SMILES string of the molecule is Nc1ccc(C2=NC3C=C(N4CCOCC4)C=CC3N2)cc1N. The van der Waals surface area contributed by atoms with Crippen LogP contribution in [-0.4, -0.2) is 49.1 Å². The van der Waals surface area contributed by atoms with E-state index in [4.69, 9.17) is 21.2 Å². The smallest absolute Gasteiger partial charge is 0.129 e. The molecule has 0 radical (unpaired) electrons. The van der Waals surface area contributed by atoms with E-state index >= 15 is 0 Å². The zero-order valence-electron chi connectivity index (χ0n) is 12.9. The number of hydrogen-bond acceptors (Lipinski definition) is 6. The molecule has 120 valence electrons. The molecule has 6 heteroatoms. The van der Waals surface area contributed by atoms with E-state index in [1.807, 2.05) is 18.2 Å². The summed E-state index contributed by atoms with van der Waals surface area (Å²) in [5.41, 5.74) is 15.1. The molecule has 1 fully saturated rings. The summed E-state index contributed by atoms with van der Waals surface area (Å²) >= 11 is 0. The van der Waals surface area contributed by atoms with Crippen molar-refractivity contribution < 1.29 is 4.74 Å². The number of nitrogen functional groups attached to an aromatic ring is 2. The zero-order valence-corrected chi connectivity index (χ0v) is 12.9. The van der Waals surface area contributed by atoms with Gasteiger partial charge in [0, 0.05) is 24.4 Å². The van der Waals surface area contributed by atoms with Crippen molar-refractivity contribution in [2.45, 2.75) is 12.1 Å². The van der Waals surface area contributed by atoms with Crippen molar-refractivity contribution in [3.05, 3.63) is 47.7 Å². The van der Waals surface area contributed by atoms with E-state index in [0.717, 1.165) is 37.7 Å². The summed E-state index contributed by atoms with van der Waals surface area (Å²) < 4.78 is 5.42. The second-order valence-electron chi connectivity index (χ2n) is 6.03. The molecule has 5 N–H and O–H groups in total. The van der Waals surface area contributed by atoms with Crippen LogP contribution >= 0.6 is 0 Å². The van der Waals surface area contributed by atoms with Crippen molar-refractivity contribution in [2.24, 2.45) is 4.99 Å². The first-order valence-corrected chi connectivity index (χ1v) is 7.93. The molecule has 2 atom stereocenters. The van der Waals surface area contributed by atoms with Gasteiger partial charge in [-0.2, -0.15) is 0 Å². The lowest BCUT2D eigenvalue weighted by atomic mass is 10.0. The van der Waals surface area contributed by atoms with Gasteiger partial charge in [-0.25, -0.2) is 0 Å². The molecule has 1 aliphatic carbocycles. The molecule has 4 rings (SSSR count). The standard InChI is InChI=1S/C17H21N5O/c18-13-3-1-11(9-14(13)19)17-20-15-4-2-12(10-16(15)21-17)22-5-7-23-8-6-22/h1-4,9-10,15-16H,5-8,18-19H2,(H,20,21). The van der Waals surface area contributed by atoms with Gasteiger partial charge in [0.05, 0.1) is 36.7 Å². The van der Waals surface area contributed by atoms with Crippen LogP contribution in [0.5, 0.6) is 0 Å². The van der Waals surface area contributed by atoms with Crippen LogP contribution in [0, 0.1) is 0 Å². The molecule has 1 aromatic rings. The van der Waals surface area contributed by atoms with E-state index in [1.54, 1.807) is 0 Å². The highest BCUT2D eigenvalue weighted by atomic mass is 16.5. The molecule has 1 saturated heterocycles. The van der Waals surface area contributed by atoms with E-state index in [1.165, 1.54) is 5.70 Å². The quantitative estimate of drug-likeness (QED) is 0.701. The maximum Gasteiger partial charge on any atom is 0.129 e. The molecule has 2 heterocycles. The number of nitrogens with one attached hydrogen (secondary N) is 1. The third kappa shape index (κ3) is 2.66. The third-order valence-corrected chi connectivity index (χ3v) is 4.50. The fourth-order valence-electron chi connectivity index (χ4n) is 3.16.